The summed E-state index contributed by atoms with van der Waals surface area (Å²) in [4.78, 5) is 24.3. The van der Waals surface area contributed by atoms with Gasteiger partial charge in [0.2, 0.25) is 5.76 Å². The topological polar surface area (TPSA) is 94.6 Å². The molecular formula is C17H16N2O5. The van der Waals surface area contributed by atoms with Crippen LogP contribution in [0.3, 0.4) is 0 Å². The van der Waals surface area contributed by atoms with Crippen molar-refractivity contribution in [3.63, 3.8) is 0 Å². The molecule has 1 amide bonds. The van der Waals surface area contributed by atoms with Crippen molar-refractivity contribution in [1.29, 1.82) is 0 Å². The number of para-hydroxylation sites is 1. The highest BCUT2D eigenvalue weighted by atomic mass is 16.6. The first-order valence-corrected chi connectivity index (χ1v) is 7.39. The number of nitrogens with one attached hydrogen (secondary N) is 1. The standard InChI is InChI=1S/C17H16N2O5/c1-9-8-14(19-24-9)18-16(20)11(3)22-17(21)15-10(2)12-6-4-5-7-13(12)23-15/h4-8,11H,1-3H3,(H,18,19,20)/t11-/m1/s1. The molecule has 2 heterocycles. The Bertz CT molecular complexity index is 909. The molecule has 7 nitrogen and oxygen atoms in total. The molecule has 1 N–H and O–H groups in total. The molecule has 0 radical (unpaired) electrons. The molecule has 0 fully saturated rings. The summed E-state index contributed by atoms with van der Waals surface area (Å²) in [5.74, 6) is -0.283. The second kappa shape index (κ2) is 6.19. The van der Waals surface area contributed by atoms with Crippen LogP contribution in [0.2, 0.25) is 0 Å². The highest BCUT2D eigenvalue weighted by Gasteiger charge is 2.24. The highest BCUT2D eigenvalue weighted by molar-refractivity contribution is 5.99. The molecular weight excluding hydrogens is 312 g/mol. The first-order valence-electron chi connectivity index (χ1n) is 7.39. The van der Waals surface area contributed by atoms with Gasteiger partial charge in [-0.15, -0.1) is 0 Å². The maximum atomic E-state index is 12.3. The van der Waals surface area contributed by atoms with Gasteiger partial charge < -0.3 is 19.0 Å². The number of ether oxygens (including phenoxy) is 1. The molecule has 124 valence electrons. The fraction of sp³-hybridized carbons (Fsp3) is 0.235. The number of rotatable bonds is 4. The first kappa shape index (κ1) is 15.8. The maximum absolute atomic E-state index is 12.3. The number of esters is 1. The van der Waals surface area contributed by atoms with Crippen molar-refractivity contribution in [2.75, 3.05) is 5.32 Å². The average Bonchev–Trinajstić information content (AvgIpc) is 3.11. The Morgan fingerprint density at radius 3 is 2.67 bits per heavy atom. The number of carbonyl (C=O) groups excluding carboxylic acids is 2. The third kappa shape index (κ3) is 3.01. The van der Waals surface area contributed by atoms with Gasteiger partial charge in [0.15, 0.2) is 11.9 Å². The molecule has 7 heteroatoms. The van der Waals surface area contributed by atoms with E-state index >= 15 is 0 Å². The number of aromatic nitrogens is 1. The van der Waals surface area contributed by atoms with Gasteiger partial charge >= 0.3 is 5.97 Å². The van der Waals surface area contributed by atoms with E-state index in [9.17, 15) is 9.59 Å². The van der Waals surface area contributed by atoms with Crippen molar-refractivity contribution < 1.29 is 23.3 Å². The van der Waals surface area contributed by atoms with E-state index in [4.69, 9.17) is 13.7 Å². The van der Waals surface area contributed by atoms with E-state index in [1.807, 2.05) is 18.2 Å². The van der Waals surface area contributed by atoms with Crippen LogP contribution in [0.15, 0.2) is 39.3 Å². The summed E-state index contributed by atoms with van der Waals surface area (Å²) in [6.07, 6.45) is -1.01. The SMILES string of the molecule is Cc1cc(NC(=O)[C@@H](C)OC(=O)c2oc3ccccc3c2C)no1. The minimum Gasteiger partial charge on any atom is -0.449 e. The van der Waals surface area contributed by atoms with Crippen LogP contribution in [0.25, 0.3) is 11.0 Å². The van der Waals surface area contributed by atoms with Crippen molar-refractivity contribution in [1.82, 2.24) is 5.16 Å². The molecule has 0 saturated carbocycles. The zero-order valence-electron chi connectivity index (χ0n) is 13.5. The van der Waals surface area contributed by atoms with E-state index in [1.165, 1.54) is 6.92 Å². The summed E-state index contributed by atoms with van der Waals surface area (Å²) in [5.41, 5.74) is 1.27. The highest BCUT2D eigenvalue weighted by Crippen LogP contribution is 2.25. The zero-order valence-corrected chi connectivity index (χ0v) is 13.5. The molecule has 1 atom stereocenters. The monoisotopic (exact) mass is 328 g/mol. The van der Waals surface area contributed by atoms with Crippen LogP contribution in [0.1, 0.15) is 28.8 Å². The van der Waals surface area contributed by atoms with E-state index in [-0.39, 0.29) is 11.6 Å². The largest absolute Gasteiger partial charge is 0.449 e. The van der Waals surface area contributed by atoms with Crippen LogP contribution in [0.5, 0.6) is 0 Å². The molecule has 2 aromatic heterocycles. The lowest BCUT2D eigenvalue weighted by atomic mass is 10.1. The summed E-state index contributed by atoms with van der Waals surface area (Å²) >= 11 is 0. The number of amides is 1. The lowest BCUT2D eigenvalue weighted by Crippen LogP contribution is -2.30. The number of aryl methyl sites for hydroxylation is 2. The van der Waals surface area contributed by atoms with Crippen molar-refractivity contribution in [2.24, 2.45) is 0 Å². The predicted octanol–water partition coefficient (Wildman–Crippen LogP) is 3.22. The molecule has 3 aromatic rings. The molecule has 0 bridgehead atoms. The van der Waals surface area contributed by atoms with E-state index in [0.717, 1.165) is 5.39 Å². The number of nitrogens with zero attached hydrogens (tertiary/aromatic N) is 1. The fourth-order valence-corrected chi connectivity index (χ4v) is 2.29. The number of benzene rings is 1. The Balaban J connectivity index is 1.71. The Hall–Kier alpha value is -3.09. The maximum Gasteiger partial charge on any atom is 0.375 e. The minimum atomic E-state index is -1.01. The summed E-state index contributed by atoms with van der Waals surface area (Å²) < 4.78 is 15.6. The molecule has 3 rings (SSSR count). The van der Waals surface area contributed by atoms with Gasteiger partial charge in [0.25, 0.3) is 5.91 Å². The second-order valence-electron chi connectivity index (χ2n) is 5.41. The van der Waals surface area contributed by atoms with Crippen LogP contribution >= 0.6 is 0 Å². The Morgan fingerprint density at radius 1 is 1.25 bits per heavy atom. The van der Waals surface area contributed by atoms with Gasteiger partial charge in [-0.2, -0.15) is 0 Å². The fourth-order valence-electron chi connectivity index (χ4n) is 2.29. The molecule has 0 saturated heterocycles. The lowest BCUT2D eigenvalue weighted by molar-refractivity contribution is -0.123. The van der Waals surface area contributed by atoms with Gasteiger partial charge in [0, 0.05) is 17.0 Å². The third-order valence-electron chi connectivity index (χ3n) is 3.56. The molecule has 0 spiro atoms. The lowest BCUT2D eigenvalue weighted by Gasteiger charge is -2.11. The molecule has 24 heavy (non-hydrogen) atoms. The molecule has 1 aromatic carbocycles. The smallest absolute Gasteiger partial charge is 0.375 e. The normalized spacial score (nSPS) is 12.1. The number of anilines is 1. The summed E-state index contributed by atoms with van der Waals surface area (Å²) in [6, 6.07) is 8.86. The van der Waals surface area contributed by atoms with Crippen molar-refractivity contribution in [3.05, 3.63) is 47.4 Å². The van der Waals surface area contributed by atoms with Crippen molar-refractivity contribution in [3.8, 4) is 0 Å². The van der Waals surface area contributed by atoms with Crippen LogP contribution in [0.4, 0.5) is 5.82 Å². The van der Waals surface area contributed by atoms with Gasteiger partial charge in [0.05, 0.1) is 0 Å². The van der Waals surface area contributed by atoms with Gasteiger partial charge in [-0.05, 0) is 26.8 Å². The number of hydrogen-bond donors (Lipinski definition) is 1. The Labute approximate surface area is 137 Å². The summed E-state index contributed by atoms with van der Waals surface area (Å²) in [7, 11) is 0. The first-order chi connectivity index (χ1) is 11.5. The average molecular weight is 328 g/mol. The van der Waals surface area contributed by atoms with Crippen molar-refractivity contribution in [2.45, 2.75) is 26.9 Å². The van der Waals surface area contributed by atoms with Crippen LogP contribution in [-0.2, 0) is 9.53 Å². The van der Waals surface area contributed by atoms with Gasteiger partial charge in [-0.25, -0.2) is 4.79 Å². The number of carbonyl (C=O) groups is 2. The van der Waals surface area contributed by atoms with Gasteiger partial charge in [-0.3, -0.25) is 4.79 Å². The predicted molar refractivity (Wildman–Crippen MR) is 85.7 cm³/mol. The number of fused-ring (bicyclic) bond motifs is 1. The number of furan rings is 1. The van der Waals surface area contributed by atoms with E-state index in [0.29, 0.717) is 16.9 Å². The van der Waals surface area contributed by atoms with E-state index in [2.05, 4.69) is 10.5 Å². The van der Waals surface area contributed by atoms with Gasteiger partial charge in [0.1, 0.15) is 11.3 Å². The van der Waals surface area contributed by atoms with Crippen LogP contribution < -0.4 is 5.32 Å². The molecule has 0 aliphatic carbocycles. The molecule has 0 aliphatic heterocycles. The Morgan fingerprint density at radius 2 is 2.00 bits per heavy atom. The molecule has 0 aliphatic rings. The third-order valence-corrected chi connectivity index (χ3v) is 3.56. The molecule has 0 unspecified atom stereocenters. The minimum absolute atomic E-state index is 0.0909. The second-order valence-corrected chi connectivity index (χ2v) is 5.41. The van der Waals surface area contributed by atoms with Crippen LogP contribution in [-0.4, -0.2) is 23.1 Å². The summed E-state index contributed by atoms with van der Waals surface area (Å²) in [5, 5.41) is 6.99. The van der Waals surface area contributed by atoms with Crippen LogP contribution in [0, 0.1) is 13.8 Å². The van der Waals surface area contributed by atoms with E-state index in [1.54, 1.807) is 26.0 Å². The zero-order chi connectivity index (χ0) is 17.3. The van der Waals surface area contributed by atoms with E-state index < -0.39 is 18.0 Å². The quantitative estimate of drug-likeness (QED) is 0.739. The summed E-state index contributed by atoms with van der Waals surface area (Å²) in [6.45, 7) is 4.94. The van der Waals surface area contributed by atoms with Crippen molar-refractivity contribution >= 4 is 28.7 Å². The number of hydrogen-bond acceptors (Lipinski definition) is 6. The Kier molecular flexibility index (Phi) is 4.07. The van der Waals surface area contributed by atoms with Gasteiger partial charge in [-0.1, -0.05) is 23.4 Å².